The van der Waals surface area contributed by atoms with E-state index >= 15 is 0 Å². The maximum absolute atomic E-state index is 13.7. The van der Waals surface area contributed by atoms with Crippen molar-refractivity contribution < 1.29 is 33.9 Å². The van der Waals surface area contributed by atoms with E-state index in [4.69, 9.17) is 5.11 Å². The number of rotatable bonds is 13. The van der Waals surface area contributed by atoms with E-state index in [0.29, 0.717) is 73.9 Å². The standard InChI is InChI=1S/C28H26BrN7O3.C16H14N4O3.C13H15BrN2O.S2.H2S/c1-15(37)26-19-9-17(18-12-30-16(2)31-13-18)7-8-20(19)35(34-26)14-25(38)36-21(10-28(3)11-22(28)36)27(39)33-24-6-4-5-23(29)32-24;1-9(21)16-13-5-11(12-6-17-10(2)18-7-12)3-4-14(13)20(19-16)8-15(22)23;1-13-6-9(16-11(13)7-13)10(17)5-8-3-2-4-12(14)15-8;1-2;/h4-9,12-13,21-22H,10-11,14H2,1-3H3,(H,32,33,39);3-7H,8H2,1-2H3,(H,22,23);2-4,9,11,16H,5-7H2,1H3;;1H2/t21-,22+,28-;;9-,11+,13-;;/m0.0../s1. The summed E-state index contributed by atoms with van der Waals surface area (Å²) in [6.07, 6.45) is 11.0. The third kappa shape index (κ3) is 13.6. The molecule has 12 rings (SSSR count). The minimum absolute atomic E-state index is 0. The normalized spacial score (nSPS) is 20.5. The summed E-state index contributed by atoms with van der Waals surface area (Å²) in [5, 5.41) is 25.2. The molecule has 2 aliphatic heterocycles. The monoisotopic (exact) mass is 1290 g/mol. The Bertz CT molecular complexity index is 3790. The van der Waals surface area contributed by atoms with Crippen molar-refractivity contribution in [2.24, 2.45) is 10.8 Å². The number of amides is 2. The number of carbonyl (C=O) groups is 6. The number of carboxylic acid groups (broad SMARTS) is 1. The van der Waals surface area contributed by atoms with Crippen molar-refractivity contribution in [3.63, 3.8) is 0 Å². The minimum Gasteiger partial charge on any atom is -0.480 e. The zero-order chi connectivity index (χ0) is 58.1. The van der Waals surface area contributed by atoms with Gasteiger partial charge in [-0.15, -0.1) is 0 Å². The molecule has 4 fully saturated rings. The molecule has 0 bridgehead atoms. The van der Waals surface area contributed by atoms with E-state index in [0.717, 1.165) is 45.4 Å². The van der Waals surface area contributed by atoms with Gasteiger partial charge in [0.05, 0.1) is 23.5 Å². The fraction of sp³-hybridized carbons (Fsp3) is 0.333. The van der Waals surface area contributed by atoms with Crippen molar-refractivity contribution in [2.45, 2.75) is 111 Å². The second kappa shape index (κ2) is 25.2. The average Bonchev–Trinajstić information content (AvgIpc) is 2.99. The van der Waals surface area contributed by atoms with Crippen LogP contribution in [0.15, 0.2) is 107 Å². The van der Waals surface area contributed by atoms with E-state index in [2.05, 4.69) is 119 Å². The Hall–Kier alpha value is -7.03. The number of piperidine rings is 2. The Morgan fingerprint density at radius 2 is 1.21 bits per heavy atom. The van der Waals surface area contributed by atoms with Gasteiger partial charge in [-0.1, -0.05) is 38.1 Å². The Kier molecular flexibility index (Phi) is 18.8. The maximum atomic E-state index is 13.7. The Morgan fingerprint density at radius 3 is 1.70 bits per heavy atom. The van der Waals surface area contributed by atoms with Gasteiger partial charge in [0, 0.05) is 101 Å². The zero-order valence-corrected chi connectivity index (χ0v) is 51.2. The molecule has 2 aliphatic carbocycles. The van der Waals surface area contributed by atoms with Gasteiger partial charge >= 0.3 is 5.97 Å². The van der Waals surface area contributed by atoms with Crippen LogP contribution in [0.1, 0.15) is 91.7 Å². The van der Waals surface area contributed by atoms with E-state index in [1.165, 1.54) is 25.0 Å². The third-order valence-electron chi connectivity index (χ3n) is 15.1. The Labute approximate surface area is 505 Å². The molecule has 2 saturated heterocycles. The lowest BCUT2D eigenvalue weighted by molar-refractivity contribution is -0.138. The lowest BCUT2D eigenvalue weighted by atomic mass is 9.97. The fourth-order valence-corrected chi connectivity index (χ4v) is 11.4. The first-order chi connectivity index (χ1) is 38.6. The molecule has 8 aromatic rings. The van der Waals surface area contributed by atoms with E-state index in [9.17, 15) is 28.8 Å². The van der Waals surface area contributed by atoms with Crippen molar-refractivity contribution in [3.05, 3.63) is 136 Å². The number of likely N-dealkylation sites (tertiary alicyclic amines) is 1. The number of nitrogens with one attached hydrogen (secondary N) is 2. The van der Waals surface area contributed by atoms with Gasteiger partial charge < -0.3 is 20.6 Å². The number of aryl methyl sites for hydroxylation is 2. The summed E-state index contributed by atoms with van der Waals surface area (Å²) in [4.78, 5) is 101. The minimum atomic E-state index is -1.01. The molecule has 4 aliphatic rings. The van der Waals surface area contributed by atoms with E-state index in [-0.39, 0.29) is 78.9 Å². The molecule has 2 saturated carbocycles. The van der Waals surface area contributed by atoms with Crippen molar-refractivity contribution in [1.29, 1.82) is 0 Å². The molecule has 0 radical (unpaired) electrons. The van der Waals surface area contributed by atoms with Crippen molar-refractivity contribution >= 4 is 130 Å². The highest BCUT2D eigenvalue weighted by Gasteiger charge is 2.64. The zero-order valence-electron chi connectivity index (χ0n) is 45.4. The van der Waals surface area contributed by atoms with Gasteiger partial charge in [-0.05, 0) is 142 Å². The molecule has 8 heterocycles. The molecule has 20 nitrogen and oxygen atoms in total. The summed E-state index contributed by atoms with van der Waals surface area (Å²) in [6, 6.07) is 22.0. The summed E-state index contributed by atoms with van der Waals surface area (Å²) in [6.45, 7) is 10.5. The highest BCUT2D eigenvalue weighted by atomic mass is 79.9. The number of carbonyl (C=O) groups excluding carboxylic acids is 5. The van der Waals surface area contributed by atoms with Crippen LogP contribution >= 0.6 is 45.4 Å². The van der Waals surface area contributed by atoms with Gasteiger partial charge in [0.1, 0.15) is 57.2 Å². The molecule has 25 heteroatoms. The van der Waals surface area contributed by atoms with Gasteiger partial charge in [0.25, 0.3) is 0 Å². The number of hydrogen-bond donors (Lipinski definition) is 3. The van der Waals surface area contributed by atoms with E-state index in [1.807, 2.05) is 55.5 Å². The predicted octanol–water partition coefficient (Wildman–Crippen LogP) is 8.47. The van der Waals surface area contributed by atoms with Crippen LogP contribution in [0, 0.1) is 24.7 Å². The SMILES string of the molecule is CC(=O)c1nn(CC(=O)N2[C@H](C(=O)Nc3cccc(Br)n3)C[C@@]3(C)C[C@@H]23)c2ccc(-c3cnc(C)nc3)cc12.CC(=O)c1nn(CC(=O)O)c2ccc(-c3cnc(C)nc3)cc12.C[C@@]12C[C@@H](C(=O)Cc3cccc(Br)n3)N[C@@H]1C2.S.S=S. The van der Waals surface area contributed by atoms with Crippen LogP contribution < -0.4 is 10.6 Å². The van der Waals surface area contributed by atoms with E-state index < -0.39 is 12.0 Å². The number of aromatic nitrogens is 10. The molecule has 3 N–H and O–H groups in total. The lowest BCUT2D eigenvalue weighted by Crippen LogP contribution is -2.46. The first-order valence-corrected chi connectivity index (χ1v) is 28.7. The number of hydrogen-bond acceptors (Lipinski definition) is 17. The lowest BCUT2D eigenvalue weighted by Gasteiger charge is -2.26. The largest absolute Gasteiger partial charge is 0.480 e. The number of fused-ring (bicyclic) bond motifs is 4. The summed E-state index contributed by atoms with van der Waals surface area (Å²) < 4.78 is 4.28. The number of pyridine rings is 2. The first-order valence-electron chi connectivity index (χ1n) is 25.8. The Balaban J connectivity index is 0.000000173. The molecular formula is C57H57Br2N13O7S3. The predicted molar refractivity (Wildman–Crippen MR) is 325 cm³/mol. The summed E-state index contributed by atoms with van der Waals surface area (Å²) >= 11 is 14.0. The van der Waals surface area contributed by atoms with Gasteiger partial charge in [0.2, 0.25) is 11.8 Å². The molecule has 2 aromatic carbocycles. The van der Waals surface area contributed by atoms with Crippen LogP contribution in [-0.4, -0.2) is 119 Å². The number of benzene rings is 2. The number of aliphatic carboxylic acids is 1. The van der Waals surface area contributed by atoms with Crippen LogP contribution in [0.3, 0.4) is 0 Å². The van der Waals surface area contributed by atoms with Crippen LogP contribution in [0.5, 0.6) is 0 Å². The van der Waals surface area contributed by atoms with Crippen LogP contribution in [0.4, 0.5) is 5.82 Å². The molecule has 82 heavy (non-hydrogen) atoms. The second-order valence-electron chi connectivity index (χ2n) is 21.2. The average molecular weight is 1290 g/mol. The molecular weight excluding hydrogens is 1230 g/mol. The highest BCUT2D eigenvalue weighted by Crippen LogP contribution is 2.59. The quantitative estimate of drug-likeness (QED) is 0.0722. The maximum Gasteiger partial charge on any atom is 0.325 e. The number of Topliss-reactive ketones (excluding diaryl/α,β-unsaturated/α-hetero) is 3. The summed E-state index contributed by atoms with van der Waals surface area (Å²) in [5.41, 5.74) is 6.31. The fourth-order valence-electron chi connectivity index (χ4n) is 10.7. The molecule has 6 aromatic heterocycles. The smallest absolute Gasteiger partial charge is 0.325 e. The number of nitrogens with zero attached hydrogens (tertiary/aromatic N) is 11. The van der Waals surface area contributed by atoms with Gasteiger partial charge in [-0.3, -0.25) is 38.1 Å². The molecule has 0 unspecified atom stereocenters. The number of ketones is 3. The topological polar surface area (TPSA) is 263 Å². The number of anilines is 1. The van der Waals surface area contributed by atoms with E-state index in [1.54, 1.807) is 65.6 Å². The second-order valence-corrected chi connectivity index (χ2v) is 22.8. The molecule has 0 spiro atoms. The third-order valence-corrected chi connectivity index (χ3v) is 16.0. The molecule has 2 amide bonds. The van der Waals surface area contributed by atoms with Gasteiger partial charge in [0.15, 0.2) is 17.3 Å². The van der Waals surface area contributed by atoms with Crippen LogP contribution in [0.25, 0.3) is 44.1 Å². The van der Waals surface area contributed by atoms with Gasteiger partial charge in [-0.25, -0.2) is 29.9 Å². The van der Waals surface area contributed by atoms with Gasteiger partial charge in [-0.2, -0.15) is 23.7 Å². The van der Waals surface area contributed by atoms with Crippen LogP contribution in [-0.2, 0) is 61.1 Å². The highest BCUT2D eigenvalue weighted by molar-refractivity contribution is 9.10. The summed E-state index contributed by atoms with van der Waals surface area (Å²) in [7, 11) is 0. The first kappa shape index (κ1) is 61.1. The summed E-state index contributed by atoms with van der Waals surface area (Å²) in [5.74, 6) is 0.143. The molecule has 424 valence electrons. The number of halogens is 2. The van der Waals surface area contributed by atoms with Crippen LogP contribution in [0.2, 0.25) is 0 Å². The van der Waals surface area contributed by atoms with Crippen molar-refractivity contribution in [2.75, 3.05) is 5.32 Å². The van der Waals surface area contributed by atoms with Crippen molar-refractivity contribution in [1.82, 2.24) is 59.7 Å². The Morgan fingerprint density at radius 1 is 0.683 bits per heavy atom. The molecule has 6 atom stereocenters. The number of carboxylic acids is 1. The van der Waals surface area contributed by atoms with Crippen molar-refractivity contribution in [3.8, 4) is 22.3 Å².